The molecule has 0 N–H and O–H groups in total. The third kappa shape index (κ3) is 5.21. The van der Waals surface area contributed by atoms with Gasteiger partial charge in [0.25, 0.3) is 0 Å². The van der Waals surface area contributed by atoms with Gasteiger partial charge in [0.2, 0.25) is 31.3 Å². The van der Waals surface area contributed by atoms with E-state index < -0.39 is 176 Å². The van der Waals surface area contributed by atoms with Crippen LogP contribution in [0.5, 0.6) is 0 Å². The van der Waals surface area contributed by atoms with E-state index >= 15 is 8.78 Å². The summed E-state index contributed by atoms with van der Waals surface area (Å²) in [7, 11) is -11.6. The Balaban J connectivity index is 1.57. The second kappa shape index (κ2) is 13.6. The largest absolute Gasteiger partial charge is 0.218 e. The molecule has 0 unspecified atom stereocenters. The predicted molar refractivity (Wildman–Crippen MR) is 175 cm³/mol. The Labute approximate surface area is 326 Å². The second-order valence-electron chi connectivity index (χ2n) is 12.3. The Bertz CT molecular complexity index is 3340. The highest BCUT2D eigenvalue weighted by Crippen LogP contribution is 2.59. The topological polar surface area (TPSA) is 163 Å². The van der Waals surface area contributed by atoms with E-state index in [9.17, 15) is 81.8 Å². The molecule has 5 aromatic rings. The highest BCUT2D eigenvalue weighted by atomic mass is 32.2. The number of fused-ring (bicyclic) bond motifs is 7. The van der Waals surface area contributed by atoms with Crippen molar-refractivity contribution in [2.24, 2.45) is 0 Å². The molecule has 0 aromatic heterocycles. The summed E-state index contributed by atoms with van der Waals surface area (Å²) in [5.74, 6) is -31.2. The van der Waals surface area contributed by atoms with Gasteiger partial charge in [-0.2, -0.15) is 21.0 Å². The third-order valence-electron chi connectivity index (χ3n) is 9.39. The van der Waals surface area contributed by atoms with Crippen LogP contribution in [-0.2, 0) is 19.7 Å². The fraction of sp³-hybridized carbons (Fsp3) is 0. The van der Waals surface area contributed by atoms with Crippen LogP contribution in [0, 0.1) is 115 Å². The molecular formula is C38H6F12N4O4S2. The van der Waals surface area contributed by atoms with Crippen molar-refractivity contribution in [3.05, 3.63) is 140 Å². The molecule has 8 nitrogen and oxygen atoms in total. The average molecular weight is 875 g/mol. The summed E-state index contributed by atoms with van der Waals surface area (Å²) in [6.45, 7) is 0. The van der Waals surface area contributed by atoms with Crippen LogP contribution in [0.2, 0.25) is 0 Å². The maximum absolute atomic E-state index is 16.5. The van der Waals surface area contributed by atoms with Crippen LogP contribution in [-0.4, -0.2) is 16.8 Å². The first-order chi connectivity index (χ1) is 28.1. The van der Waals surface area contributed by atoms with E-state index in [0.29, 0.717) is 36.4 Å². The SMILES string of the molecule is N#CC(C#N)=C1c2cc(S(=O)(=O)c3c(F)c(F)c(F)c(F)c3F)ccc2-c2c1c(F)c(F)c1c2C(=C(C#N)C#N)c2cc(S(=O)(=O)c3c(F)c(F)c(F)c(F)c3F)ccc2-1. The van der Waals surface area contributed by atoms with E-state index in [4.69, 9.17) is 0 Å². The zero-order chi connectivity index (χ0) is 44.2. The molecule has 22 heteroatoms. The summed E-state index contributed by atoms with van der Waals surface area (Å²) in [6.07, 6.45) is 0. The molecule has 0 amide bonds. The summed E-state index contributed by atoms with van der Waals surface area (Å²) in [4.78, 5) is -7.30. The molecule has 0 fully saturated rings. The lowest BCUT2D eigenvalue weighted by Gasteiger charge is -2.14. The van der Waals surface area contributed by atoms with Crippen LogP contribution in [0.1, 0.15) is 22.3 Å². The van der Waals surface area contributed by atoms with Gasteiger partial charge in [0.15, 0.2) is 58.2 Å². The lowest BCUT2D eigenvalue weighted by atomic mass is 9.89. The number of allylic oxidation sites excluding steroid dienone is 2. The van der Waals surface area contributed by atoms with Gasteiger partial charge in [0, 0.05) is 33.4 Å². The molecule has 2 aliphatic carbocycles. The summed E-state index contributed by atoms with van der Waals surface area (Å²) in [5.41, 5.74) is -9.82. The van der Waals surface area contributed by atoms with E-state index in [1.54, 1.807) is 0 Å². The van der Waals surface area contributed by atoms with Crippen LogP contribution in [0.3, 0.4) is 0 Å². The van der Waals surface area contributed by atoms with E-state index in [2.05, 4.69) is 0 Å². The van der Waals surface area contributed by atoms with Crippen molar-refractivity contribution in [3.8, 4) is 46.5 Å². The first-order valence-corrected chi connectivity index (χ1v) is 18.6. The highest BCUT2D eigenvalue weighted by Gasteiger charge is 2.44. The van der Waals surface area contributed by atoms with Crippen LogP contribution in [0.4, 0.5) is 52.7 Å². The van der Waals surface area contributed by atoms with Crippen LogP contribution in [0.15, 0.2) is 67.1 Å². The lowest BCUT2D eigenvalue weighted by molar-refractivity contribution is 0.357. The van der Waals surface area contributed by atoms with Crippen LogP contribution < -0.4 is 0 Å². The minimum absolute atomic E-state index is 0.395. The molecule has 298 valence electrons. The fourth-order valence-corrected chi connectivity index (χ4v) is 9.68. The first-order valence-electron chi connectivity index (χ1n) is 15.6. The fourth-order valence-electron chi connectivity index (χ4n) is 6.87. The zero-order valence-corrected chi connectivity index (χ0v) is 29.9. The minimum Gasteiger partial charge on any atom is -0.218 e. The predicted octanol–water partition coefficient (Wildman–Crippen LogP) is 8.68. The van der Waals surface area contributed by atoms with Crippen molar-refractivity contribution in [2.75, 3.05) is 0 Å². The van der Waals surface area contributed by atoms with Gasteiger partial charge < -0.3 is 0 Å². The first kappa shape index (κ1) is 40.8. The molecule has 0 aliphatic heterocycles. The number of halogens is 12. The third-order valence-corrected chi connectivity index (χ3v) is 12.9. The molecule has 7 rings (SSSR count). The van der Waals surface area contributed by atoms with Gasteiger partial charge in [0.1, 0.15) is 45.2 Å². The molecule has 0 bridgehead atoms. The number of benzene rings is 5. The summed E-state index contributed by atoms with van der Waals surface area (Å²) >= 11 is 0. The summed E-state index contributed by atoms with van der Waals surface area (Å²) in [5, 5.41) is 39.7. The van der Waals surface area contributed by atoms with Gasteiger partial charge in [-0.25, -0.2) is 69.5 Å². The van der Waals surface area contributed by atoms with E-state index in [-0.39, 0.29) is 0 Å². The van der Waals surface area contributed by atoms with Gasteiger partial charge in [-0.05, 0) is 46.5 Å². The van der Waals surface area contributed by atoms with Crippen LogP contribution in [0.25, 0.3) is 33.4 Å². The van der Waals surface area contributed by atoms with Gasteiger partial charge in [0.05, 0.1) is 9.79 Å². The lowest BCUT2D eigenvalue weighted by Crippen LogP contribution is -2.13. The molecule has 0 atom stereocenters. The zero-order valence-electron chi connectivity index (χ0n) is 28.2. The van der Waals surface area contributed by atoms with Gasteiger partial charge in [-0.3, -0.25) is 0 Å². The summed E-state index contributed by atoms with van der Waals surface area (Å²) < 4.78 is 230. The van der Waals surface area contributed by atoms with Crippen molar-refractivity contribution in [1.29, 1.82) is 21.0 Å². The second-order valence-corrected chi connectivity index (χ2v) is 16.1. The quantitative estimate of drug-likeness (QED) is 0.0558. The van der Waals surface area contributed by atoms with Crippen molar-refractivity contribution < 1.29 is 69.5 Å². The molecule has 0 saturated heterocycles. The smallest absolute Gasteiger partial charge is 0.212 e. The normalized spacial score (nSPS) is 12.5. The Morgan fingerprint density at radius 3 is 1.02 bits per heavy atom. The monoisotopic (exact) mass is 874 g/mol. The molecule has 2 aliphatic rings. The number of hydrogen-bond acceptors (Lipinski definition) is 8. The van der Waals surface area contributed by atoms with Crippen molar-refractivity contribution in [3.63, 3.8) is 0 Å². The Morgan fingerprint density at radius 1 is 0.367 bits per heavy atom. The number of nitrogens with zero attached hydrogens (tertiary/aromatic N) is 4. The van der Waals surface area contributed by atoms with E-state index in [1.807, 2.05) is 0 Å². The molecule has 5 aromatic carbocycles. The molecular weight excluding hydrogens is 869 g/mol. The highest BCUT2D eigenvalue weighted by molar-refractivity contribution is 7.91. The molecule has 0 spiro atoms. The van der Waals surface area contributed by atoms with Gasteiger partial charge in [-0.1, -0.05) is 12.1 Å². The number of sulfone groups is 2. The number of rotatable bonds is 4. The Hall–Kier alpha value is -7.40. The van der Waals surface area contributed by atoms with Gasteiger partial charge >= 0.3 is 0 Å². The molecule has 60 heavy (non-hydrogen) atoms. The van der Waals surface area contributed by atoms with Crippen molar-refractivity contribution in [2.45, 2.75) is 19.6 Å². The van der Waals surface area contributed by atoms with Crippen molar-refractivity contribution >= 4 is 30.8 Å². The number of nitriles is 4. The van der Waals surface area contributed by atoms with Gasteiger partial charge in [-0.15, -0.1) is 0 Å². The maximum atomic E-state index is 16.5. The van der Waals surface area contributed by atoms with Crippen LogP contribution >= 0.6 is 0 Å². The van der Waals surface area contributed by atoms with E-state index in [0.717, 1.165) is 0 Å². The minimum atomic E-state index is -5.82. The maximum Gasteiger partial charge on any atom is 0.212 e. The molecule has 0 radical (unpaired) electrons. The summed E-state index contributed by atoms with van der Waals surface area (Å²) in [6, 6.07) is 8.61. The standard InChI is InChI=1S/C38H6F12N4O4S2/c39-25-22-16-4-2-14(60(57,58)38-35(49)31(45)28(42)32(46)36(38)50)6-18(16)19(11(7-51)8-52)23(22)21-15-3-1-13(5-17(15)20(12(9-53)10-54)24(21)26(25)40)59(55,56)37-33(47)29(43)27(41)30(44)34(37)48/h1-6H. The Morgan fingerprint density at radius 2 is 0.667 bits per heavy atom. The average Bonchev–Trinajstić information content (AvgIpc) is 3.73. The molecule has 0 heterocycles. The molecule has 0 saturated carbocycles. The number of hydrogen-bond donors (Lipinski definition) is 0. The van der Waals surface area contributed by atoms with Crippen molar-refractivity contribution in [1.82, 2.24) is 0 Å². The van der Waals surface area contributed by atoms with E-state index in [1.165, 1.54) is 24.3 Å². The Kier molecular flexibility index (Phi) is 9.24.